The molecule has 4 rings (SSSR count). The lowest BCUT2D eigenvalue weighted by molar-refractivity contribution is -0.0517. The predicted molar refractivity (Wildman–Crippen MR) is 112 cm³/mol. The molecule has 1 heterocycles. The molecule has 10 heteroatoms. The van der Waals surface area contributed by atoms with Crippen LogP contribution in [0.25, 0.3) is 25.1 Å². The van der Waals surface area contributed by atoms with Crippen LogP contribution in [-0.4, -0.2) is 25.6 Å². The van der Waals surface area contributed by atoms with Crippen LogP contribution in [-0.2, 0) is 10.1 Å². The summed E-state index contributed by atoms with van der Waals surface area (Å²) in [6.45, 7) is 0. The largest absolute Gasteiger partial charge is 0.741 e. The van der Waals surface area contributed by atoms with Gasteiger partial charge in [-0.2, -0.15) is 18.4 Å². The lowest BCUT2D eigenvalue weighted by Gasteiger charge is -2.08. The third-order valence-electron chi connectivity index (χ3n) is 4.30. The molecule has 160 valence electrons. The molecule has 0 amide bonds. The molecule has 0 fully saturated rings. The maximum atomic E-state index is 10.7. The number of halogens is 3. The highest BCUT2D eigenvalue weighted by Gasteiger charge is 2.37. The average molecular weight is 465 g/mol. The lowest BCUT2D eigenvalue weighted by atomic mass is 10.2. The summed E-state index contributed by atoms with van der Waals surface area (Å²) in [7, 11) is -4.65. The van der Waals surface area contributed by atoms with Crippen LogP contribution in [0, 0.1) is 11.3 Å². The van der Waals surface area contributed by atoms with Gasteiger partial charge in [-0.1, -0.05) is 24.3 Å². The number of nitriles is 1. The summed E-state index contributed by atoms with van der Waals surface area (Å²) in [5, 5.41) is 11.8. The van der Waals surface area contributed by atoms with E-state index in [1.54, 1.807) is 13.2 Å². The van der Waals surface area contributed by atoms with E-state index < -0.39 is 15.6 Å². The van der Waals surface area contributed by atoms with Crippen molar-refractivity contribution in [3.8, 4) is 16.7 Å². The second kappa shape index (κ2) is 8.55. The van der Waals surface area contributed by atoms with Crippen molar-refractivity contribution in [1.29, 1.82) is 5.26 Å². The monoisotopic (exact) mass is 465 g/mol. The van der Waals surface area contributed by atoms with Gasteiger partial charge in [0.2, 0.25) is 4.90 Å². The highest BCUT2D eigenvalue weighted by molar-refractivity contribution is 7.86. The number of thiophene rings is 1. The smallest absolute Gasteiger partial charge is 0.485 e. The Morgan fingerprint density at radius 1 is 0.968 bits per heavy atom. The summed E-state index contributed by atoms with van der Waals surface area (Å²) in [5.41, 5.74) is -4.98. The molecular weight excluding hydrogens is 451 g/mol. The molecule has 31 heavy (non-hydrogen) atoms. The van der Waals surface area contributed by atoms with Crippen LogP contribution in [0.4, 0.5) is 13.2 Å². The van der Waals surface area contributed by atoms with Gasteiger partial charge in [-0.3, -0.25) is 0 Å². The maximum Gasteiger partial charge on any atom is 0.485 e. The van der Waals surface area contributed by atoms with Crippen molar-refractivity contribution in [2.75, 3.05) is 7.11 Å². The number of hydrogen-bond donors (Lipinski definition) is 0. The third kappa shape index (κ3) is 4.49. The number of hydrogen-bond acceptors (Lipinski definition) is 5. The Kier molecular flexibility index (Phi) is 6.22. The second-order valence-corrected chi connectivity index (χ2v) is 9.48. The zero-order valence-corrected chi connectivity index (χ0v) is 17.5. The zero-order valence-electron chi connectivity index (χ0n) is 15.9. The molecule has 0 bridgehead atoms. The summed E-state index contributed by atoms with van der Waals surface area (Å²) >= 11 is 0. The highest BCUT2D eigenvalue weighted by Crippen LogP contribution is 2.51. The lowest BCUT2D eigenvalue weighted by Crippen LogP contribution is -2.21. The van der Waals surface area contributed by atoms with Crippen LogP contribution >= 0.6 is 10.5 Å². The summed E-state index contributed by atoms with van der Waals surface area (Å²) < 4.78 is 67.1. The molecule has 0 saturated carbocycles. The molecule has 5 nitrogen and oxygen atoms in total. The van der Waals surface area contributed by atoms with Gasteiger partial charge in [-0.25, -0.2) is 8.42 Å². The maximum absolute atomic E-state index is 10.7. The molecule has 4 aromatic rings. The molecular formula is C21H14F3NO4S2. The number of benzene rings is 3. The van der Waals surface area contributed by atoms with Crippen LogP contribution in [0.2, 0.25) is 0 Å². The van der Waals surface area contributed by atoms with E-state index in [1.807, 2.05) is 12.1 Å². The van der Waals surface area contributed by atoms with Crippen LogP contribution in [0.15, 0.2) is 66.7 Å². The van der Waals surface area contributed by atoms with Crippen molar-refractivity contribution >= 4 is 40.8 Å². The number of rotatable bonds is 2. The van der Waals surface area contributed by atoms with Crippen molar-refractivity contribution < 1.29 is 30.9 Å². The van der Waals surface area contributed by atoms with Crippen molar-refractivity contribution in [2.45, 2.75) is 5.51 Å². The van der Waals surface area contributed by atoms with Crippen molar-refractivity contribution in [3.63, 3.8) is 0 Å². The minimum Gasteiger partial charge on any atom is -0.741 e. The first-order valence-corrected chi connectivity index (χ1v) is 11.2. The Bertz CT molecular complexity index is 1350. The quantitative estimate of drug-likeness (QED) is 0.216. The van der Waals surface area contributed by atoms with Gasteiger partial charge in [-0.15, -0.1) is 0 Å². The van der Waals surface area contributed by atoms with Gasteiger partial charge >= 0.3 is 5.51 Å². The van der Waals surface area contributed by atoms with Crippen LogP contribution in [0.5, 0.6) is 5.75 Å². The number of alkyl halides is 3. The predicted octanol–water partition coefficient (Wildman–Crippen LogP) is 5.66. The van der Waals surface area contributed by atoms with E-state index in [0.29, 0.717) is 5.56 Å². The van der Waals surface area contributed by atoms with E-state index in [4.69, 9.17) is 17.7 Å². The van der Waals surface area contributed by atoms with Crippen molar-refractivity contribution in [3.05, 3.63) is 72.3 Å². The Balaban J connectivity index is 0.000000293. The summed E-state index contributed by atoms with van der Waals surface area (Å²) in [5.74, 6) is 0.832. The summed E-state index contributed by atoms with van der Waals surface area (Å²) in [6.07, 6.45) is 0. The van der Waals surface area contributed by atoms with E-state index in [9.17, 15) is 18.4 Å². The van der Waals surface area contributed by atoms with E-state index in [0.717, 1.165) is 10.6 Å². The molecule has 0 aliphatic carbocycles. The second-order valence-electron chi connectivity index (χ2n) is 6.18. The van der Waals surface area contributed by atoms with Crippen LogP contribution < -0.4 is 4.74 Å². The molecule has 0 saturated heterocycles. The molecule has 0 spiro atoms. The number of nitrogens with zero attached hydrogens (tertiary/aromatic N) is 1. The van der Waals surface area contributed by atoms with Gasteiger partial charge in [0, 0.05) is 27.3 Å². The first-order valence-electron chi connectivity index (χ1n) is 8.61. The third-order valence-corrected chi connectivity index (χ3v) is 7.22. The van der Waals surface area contributed by atoms with E-state index in [-0.39, 0.29) is 10.5 Å². The molecule has 1 aromatic heterocycles. The Labute approximate surface area is 178 Å². The van der Waals surface area contributed by atoms with Crippen molar-refractivity contribution in [1.82, 2.24) is 0 Å². The Hall–Kier alpha value is -3.13. The SMILES string of the molecule is COc1ccc(C#N)cc1-[s+]1c2ccccc2c2ccccc21.O=S(=O)([O-])C(F)(F)F. The van der Waals surface area contributed by atoms with E-state index in [1.165, 1.54) is 20.2 Å². The fourth-order valence-corrected chi connectivity index (χ4v) is 5.53. The average Bonchev–Trinajstić information content (AvgIpc) is 3.06. The van der Waals surface area contributed by atoms with E-state index >= 15 is 0 Å². The van der Waals surface area contributed by atoms with Gasteiger partial charge in [-0.05, 0) is 36.4 Å². The van der Waals surface area contributed by atoms with Gasteiger partial charge in [0.15, 0.2) is 25.3 Å². The fourth-order valence-electron chi connectivity index (χ4n) is 3.00. The molecule has 0 atom stereocenters. The number of ether oxygens (including phenoxy) is 1. The molecule has 0 N–H and O–H groups in total. The Morgan fingerprint density at radius 3 is 1.87 bits per heavy atom. The van der Waals surface area contributed by atoms with Gasteiger partial charge < -0.3 is 9.29 Å². The highest BCUT2D eigenvalue weighted by atomic mass is 32.2. The first kappa shape index (κ1) is 22.6. The summed E-state index contributed by atoms with van der Waals surface area (Å²) in [4.78, 5) is 1.07. The molecule has 3 aromatic carbocycles. The topological polar surface area (TPSA) is 90.2 Å². The van der Waals surface area contributed by atoms with Crippen molar-refractivity contribution in [2.24, 2.45) is 0 Å². The standard InChI is InChI=1S/C20H14NOS.CHF3O3S/c1-22-17-11-10-14(13-21)12-20(17)23-18-8-4-2-6-15(18)16-7-3-5-9-19(16)23;2-1(3,4)8(5,6)7/h2-12H,1H3;(H,5,6,7)/q+1;/p-1. The van der Waals surface area contributed by atoms with Crippen LogP contribution in [0.1, 0.15) is 5.56 Å². The first-order chi connectivity index (χ1) is 14.6. The molecule has 0 aliphatic heterocycles. The van der Waals surface area contributed by atoms with Crippen LogP contribution in [0.3, 0.4) is 0 Å². The molecule has 0 unspecified atom stereocenters. The van der Waals surface area contributed by atoms with Gasteiger partial charge in [0.1, 0.15) is 0 Å². The van der Waals surface area contributed by atoms with Gasteiger partial charge in [0.05, 0.1) is 18.7 Å². The Morgan fingerprint density at radius 2 is 1.45 bits per heavy atom. The normalized spacial score (nSPS) is 11.6. The van der Waals surface area contributed by atoms with Gasteiger partial charge in [0.25, 0.3) is 0 Å². The minimum absolute atomic E-state index is 0.240. The number of fused-ring (bicyclic) bond motifs is 3. The molecule has 0 aliphatic rings. The number of methoxy groups -OCH3 is 1. The summed E-state index contributed by atoms with van der Waals surface area (Å²) in [6, 6.07) is 24.9. The minimum atomic E-state index is -6.09. The van der Waals surface area contributed by atoms with E-state index in [2.05, 4.69) is 54.6 Å². The fraction of sp³-hybridized carbons (Fsp3) is 0.0952. The zero-order chi connectivity index (χ0) is 22.8. The molecule has 0 radical (unpaired) electrons.